The van der Waals surface area contributed by atoms with Crippen molar-refractivity contribution in [1.82, 2.24) is 30.3 Å². The zero-order chi connectivity index (χ0) is 24.0. The Kier molecular flexibility index (Phi) is 7.73. The summed E-state index contributed by atoms with van der Waals surface area (Å²) in [6, 6.07) is 6.69. The summed E-state index contributed by atoms with van der Waals surface area (Å²) in [6.07, 6.45) is 2.35. The van der Waals surface area contributed by atoms with Crippen LogP contribution in [0.25, 0.3) is 11.4 Å². The maximum Gasteiger partial charge on any atom is 0.413 e. The molecular weight excluding hydrogens is 446 g/mol. The van der Waals surface area contributed by atoms with Crippen molar-refractivity contribution in [3.63, 3.8) is 0 Å². The maximum atomic E-state index is 12.5. The van der Waals surface area contributed by atoms with E-state index in [4.69, 9.17) is 16.3 Å². The molecule has 10 nitrogen and oxygen atoms in total. The van der Waals surface area contributed by atoms with Gasteiger partial charge >= 0.3 is 6.09 Å². The first-order valence-electron chi connectivity index (χ1n) is 10.1. The smallest absolute Gasteiger partial charge is 0.413 e. The van der Waals surface area contributed by atoms with E-state index in [1.807, 2.05) is 6.92 Å². The summed E-state index contributed by atoms with van der Waals surface area (Å²) in [5.74, 6) is 0.0510. The lowest BCUT2D eigenvalue weighted by molar-refractivity contribution is 0.0953. The van der Waals surface area contributed by atoms with Crippen molar-refractivity contribution in [3.05, 3.63) is 65.1 Å². The predicted molar refractivity (Wildman–Crippen MR) is 124 cm³/mol. The van der Waals surface area contributed by atoms with Crippen LogP contribution >= 0.6 is 11.6 Å². The number of aryl methyl sites for hydroxylation is 1. The monoisotopic (exact) mass is 469 g/mol. The van der Waals surface area contributed by atoms with E-state index in [-0.39, 0.29) is 16.9 Å². The molecule has 11 heteroatoms. The van der Waals surface area contributed by atoms with Gasteiger partial charge in [0.05, 0.1) is 11.3 Å². The van der Waals surface area contributed by atoms with Crippen LogP contribution in [0.4, 0.5) is 10.6 Å². The topological polar surface area (TPSA) is 124 Å². The fourth-order valence-corrected chi connectivity index (χ4v) is 3.15. The van der Waals surface area contributed by atoms with E-state index in [0.29, 0.717) is 35.5 Å². The number of pyridine rings is 2. The molecule has 3 aromatic rings. The van der Waals surface area contributed by atoms with Gasteiger partial charge in [-0.1, -0.05) is 28.5 Å². The van der Waals surface area contributed by atoms with Gasteiger partial charge in [-0.15, -0.1) is 11.7 Å². The SMILES string of the molecule is C=C(C)CCNC(=O)c1ccc(-c2nnn(C)c2NC(=O)O[C@H](C)c2cccnc2Cl)nc1. The first kappa shape index (κ1) is 23.9. The van der Waals surface area contributed by atoms with Gasteiger partial charge in [0.2, 0.25) is 0 Å². The summed E-state index contributed by atoms with van der Waals surface area (Å²) in [6.45, 7) is 7.90. The minimum atomic E-state index is -0.720. The lowest BCUT2D eigenvalue weighted by Crippen LogP contribution is -2.24. The number of anilines is 1. The van der Waals surface area contributed by atoms with Gasteiger partial charge in [0.25, 0.3) is 5.91 Å². The number of carbonyl (C=O) groups is 2. The Morgan fingerprint density at radius 1 is 1.27 bits per heavy atom. The molecule has 2 amide bonds. The maximum absolute atomic E-state index is 12.5. The van der Waals surface area contributed by atoms with E-state index in [1.54, 1.807) is 44.4 Å². The zero-order valence-corrected chi connectivity index (χ0v) is 19.3. The largest absolute Gasteiger partial charge is 0.441 e. The van der Waals surface area contributed by atoms with Gasteiger partial charge in [0, 0.05) is 31.5 Å². The number of ether oxygens (including phenoxy) is 1. The summed E-state index contributed by atoms with van der Waals surface area (Å²) >= 11 is 6.07. The lowest BCUT2D eigenvalue weighted by Gasteiger charge is -2.15. The fraction of sp³-hybridized carbons (Fsp3) is 0.273. The van der Waals surface area contributed by atoms with Crippen LogP contribution in [0.3, 0.4) is 0 Å². The minimum absolute atomic E-state index is 0.237. The Labute approximate surface area is 196 Å². The van der Waals surface area contributed by atoms with E-state index < -0.39 is 12.2 Å². The van der Waals surface area contributed by atoms with Crippen LogP contribution in [0.2, 0.25) is 5.15 Å². The number of nitrogens with one attached hydrogen (secondary N) is 2. The third kappa shape index (κ3) is 6.13. The van der Waals surface area contributed by atoms with Crippen molar-refractivity contribution < 1.29 is 14.3 Å². The molecule has 3 heterocycles. The minimum Gasteiger partial charge on any atom is -0.441 e. The van der Waals surface area contributed by atoms with E-state index in [2.05, 4.69) is 37.5 Å². The van der Waals surface area contributed by atoms with Crippen LogP contribution in [0.1, 0.15) is 42.3 Å². The van der Waals surface area contributed by atoms with Gasteiger partial charge in [0.1, 0.15) is 11.3 Å². The van der Waals surface area contributed by atoms with Crippen LogP contribution in [0, 0.1) is 0 Å². The van der Waals surface area contributed by atoms with E-state index in [0.717, 1.165) is 5.57 Å². The Hall–Kier alpha value is -3.79. The Morgan fingerprint density at radius 2 is 2.06 bits per heavy atom. The van der Waals surface area contributed by atoms with Crippen LogP contribution in [0.15, 0.2) is 48.8 Å². The highest BCUT2D eigenvalue weighted by molar-refractivity contribution is 6.30. The van der Waals surface area contributed by atoms with Crippen molar-refractivity contribution in [3.8, 4) is 11.4 Å². The number of halogens is 1. The molecule has 0 saturated heterocycles. The summed E-state index contributed by atoms with van der Waals surface area (Å²) in [5, 5.41) is 13.7. The van der Waals surface area contributed by atoms with E-state index >= 15 is 0 Å². The fourth-order valence-electron chi connectivity index (χ4n) is 2.88. The number of rotatable bonds is 8. The number of carbonyl (C=O) groups excluding carboxylic acids is 2. The van der Waals surface area contributed by atoms with Gasteiger partial charge in [-0.2, -0.15) is 0 Å². The van der Waals surface area contributed by atoms with Crippen molar-refractivity contribution in [2.24, 2.45) is 7.05 Å². The van der Waals surface area contributed by atoms with Crippen LogP contribution < -0.4 is 10.6 Å². The Morgan fingerprint density at radius 3 is 2.73 bits per heavy atom. The van der Waals surface area contributed by atoms with Crippen molar-refractivity contribution in [2.45, 2.75) is 26.4 Å². The lowest BCUT2D eigenvalue weighted by atomic mass is 10.2. The zero-order valence-electron chi connectivity index (χ0n) is 18.5. The highest BCUT2D eigenvalue weighted by Gasteiger charge is 2.20. The first-order chi connectivity index (χ1) is 15.8. The van der Waals surface area contributed by atoms with Gasteiger partial charge in [-0.05, 0) is 38.5 Å². The molecule has 0 aliphatic heterocycles. The quantitative estimate of drug-likeness (QED) is 0.378. The Bertz CT molecular complexity index is 1160. The molecule has 2 N–H and O–H groups in total. The molecule has 0 aliphatic rings. The summed E-state index contributed by atoms with van der Waals surface area (Å²) in [5.41, 5.74) is 2.73. The average Bonchev–Trinajstić information content (AvgIpc) is 3.13. The van der Waals surface area contributed by atoms with Gasteiger partial charge in [-0.3, -0.25) is 15.1 Å². The number of aromatic nitrogens is 5. The number of amides is 2. The normalized spacial score (nSPS) is 11.5. The molecule has 3 rings (SSSR count). The summed E-state index contributed by atoms with van der Waals surface area (Å²) in [4.78, 5) is 33.0. The highest BCUT2D eigenvalue weighted by Crippen LogP contribution is 2.26. The molecule has 0 bridgehead atoms. The molecule has 1 atom stereocenters. The molecule has 0 radical (unpaired) electrons. The molecule has 0 fully saturated rings. The standard InChI is InChI=1S/C22H24ClN7O3/c1-13(2)9-11-25-21(31)15-7-8-17(26-12-15)18-20(30(4)29-28-18)27-22(32)33-14(3)16-6-5-10-24-19(16)23/h5-8,10,12,14H,1,9,11H2,2-4H3,(H,25,31)(H,27,32)/t14-/m1/s1. The molecule has 0 saturated carbocycles. The molecule has 0 aliphatic carbocycles. The summed E-state index contributed by atoms with van der Waals surface area (Å²) < 4.78 is 6.81. The van der Waals surface area contributed by atoms with Crippen LogP contribution in [-0.4, -0.2) is 43.5 Å². The highest BCUT2D eigenvalue weighted by atomic mass is 35.5. The van der Waals surface area contributed by atoms with Crippen molar-refractivity contribution in [1.29, 1.82) is 0 Å². The molecule has 3 aromatic heterocycles. The molecule has 0 unspecified atom stereocenters. The third-order valence-electron chi connectivity index (χ3n) is 4.66. The molecule has 33 heavy (non-hydrogen) atoms. The second-order valence-electron chi connectivity index (χ2n) is 7.36. The number of hydrogen-bond acceptors (Lipinski definition) is 7. The summed E-state index contributed by atoms with van der Waals surface area (Å²) in [7, 11) is 1.62. The second kappa shape index (κ2) is 10.7. The predicted octanol–water partition coefficient (Wildman–Crippen LogP) is 3.93. The van der Waals surface area contributed by atoms with E-state index in [9.17, 15) is 9.59 Å². The number of hydrogen-bond donors (Lipinski definition) is 2. The molecule has 172 valence electrons. The number of nitrogens with zero attached hydrogens (tertiary/aromatic N) is 5. The van der Waals surface area contributed by atoms with Crippen LogP contribution in [-0.2, 0) is 11.8 Å². The first-order valence-corrected chi connectivity index (χ1v) is 10.5. The van der Waals surface area contributed by atoms with Gasteiger partial charge in [-0.25, -0.2) is 14.5 Å². The molecular formula is C22H24ClN7O3. The van der Waals surface area contributed by atoms with Crippen LogP contribution in [0.5, 0.6) is 0 Å². The van der Waals surface area contributed by atoms with Gasteiger partial charge < -0.3 is 10.1 Å². The average molecular weight is 470 g/mol. The van der Waals surface area contributed by atoms with Crippen molar-refractivity contribution >= 4 is 29.4 Å². The van der Waals surface area contributed by atoms with Gasteiger partial charge in [0.15, 0.2) is 11.5 Å². The van der Waals surface area contributed by atoms with Crippen molar-refractivity contribution in [2.75, 3.05) is 11.9 Å². The third-order valence-corrected chi connectivity index (χ3v) is 4.98. The Balaban J connectivity index is 1.69. The molecule has 0 aromatic carbocycles. The van der Waals surface area contributed by atoms with E-state index in [1.165, 1.54) is 10.9 Å². The second-order valence-corrected chi connectivity index (χ2v) is 7.72. The molecule has 0 spiro atoms.